The zero-order chi connectivity index (χ0) is 18.2. The van der Waals surface area contributed by atoms with E-state index in [-0.39, 0.29) is 0 Å². The molecule has 0 saturated heterocycles. The van der Waals surface area contributed by atoms with E-state index in [1.54, 1.807) is 6.20 Å². The van der Waals surface area contributed by atoms with Crippen LogP contribution in [0.1, 0.15) is 23.7 Å². The first-order chi connectivity index (χ1) is 12.7. The van der Waals surface area contributed by atoms with Crippen molar-refractivity contribution in [1.82, 2.24) is 30.2 Å². The molecule has 0 spiro atoms. The van der Waals surface area contributed by atoms with Gasteiger partial charge in [-0.1, -0.05) is 30.3 Å². The highest BCUT2D eigenvalue weighted by molar-refractivity contribution is 5.79. The molecule has 0 radical (unpaired) electrons. The zero-order valence-corrected chi connectivity index (χ0v) is 15.3. The van der Waals surface area contributed by atoms with Gasteiger partial charge in [-0.3, -0.25) is 9.36 Å². The van der Waals surface area contributed by atoms with Crippen molar-refractivity contribution >= 4 is 5.96 Å². The van der Waals surface area contributed by atoms with E-state index in [9.17, 15) is 0 Å². The molecule has 2 heterocycles. The molecule has 0 aliphatic heterocycles. The number of rotatable bonds is 7. The third-order valence-corrected chi connectivity index (χ3v) is 4.00. The predicted octanol–water partition coefficient (Wildman–Crippen LogP) is 1.92. The van der Waals surface area contributed by atoms with Gasteiger partial charge in [0.2, 0.25) is 0 Å². The van der Waals surface area contributed by atoms with E-state index < -0.39 is 0 Å². The van der Waals surface area contributed by atoms with Gasteiger partial charge < -0.3 is 10.6 Å². The molecule has 0 fully saturated rings. The van der Waals surface area contributed by atoms with E-state index in [0.717, 1.165) is 30.3 Å². The van der Waals surface area contributed by atoms with Gasteiger partial charge in [-0.2, -0.15) is 10.2 Å². The smallest absolute Gasteiger partial charge is 0.191 e. The van der Waals surface area contributed by atoms with Crippen LogP contribution in [-0.4, -0.2) is 32.1 Å². The van der Waals surface area contributed by atoms with Crippen LogP contribution in [0, 0.1) is 0 Å². The molecule has 7 heteroatoms. The molecular weight excluding hydrogens is 326 g/mol. The van der Waals surface area contributed by atoms with Gasteiger partial charge in [-0.25, -0.2) is 4.99 Å². The van der Waals surface area contributed by atoms with E-state index >= 15 is 0 Å². The second kappa shape index (κ2) is 8.84. The minimum Gasteiger partial charge on any atom is -0.357 e. The molecule has 2 N–H and O–H groups in total. The fourth-order valence-corrected chi connectivity index (χ4v) is 2.61. The molecule has 26 heavy (non-hydrogen) atoms. The first kappa shape index (κ1) is 17.7. The van der Waals surface area contributed by atoms with Crippen molar-refractivity contribution in [2.75, 3.05) is 6.54 Å². The van der Waals surface area contributed by atoms with Crippen molar-refractivity contribution in [3.63, 3.8) is 0 Å². The highest BCUT2D eigenvalue weighted by Gasteiger charge is 2.03. The largest absolute Gasteiger partial charge is 0.357 e. The highest BCUT2D eigenvalue weighted by atomic mass is 15.3. The minimum atomic E-state index is 0.579. The molecule has 1 aromatic carbocycles. The first-order valence-corrected chi connectivity index (χ1v) is 8.79. The molecule has 0 unspecified atom stereocenters. The van der Waals surface area contributed by atoms with Gasteiger partial charge >= 0.3 is 0 Å². The quantitative estimate of drug-likeness (QED) is 0.504. The van der Waals surface area contributed by atoms with Crippen LogP contribution in [0.15, 0.2) is 60.0 Å². The second-order valence-electron chi connectivity index (χ2n) is 6.03. The second-order valence-corrected chi connectivity index (χ2v) is 6.03. The molecule has 3 rings (SSSR count). The molecule has 0 aliphatic carbocycles. The lowest BCUT2D eigenvalue weighted by molar-refractivity contribution is 0.683. The van der Waals surface area contributed by atoms with Crippen molar-refractivity contribution in [2.24, 2.45) is 12.0 Å². The Hall–Kier alpha value is -3.09. The summed E-state index contributed by atoms with van der Waals surface area (Å²) in [6.07, 6.45) is 5.71. The summed E-state index contributed by atoms with van der Waals surface area (Å²) in [5.41, 5.74) is 3.42. The Labute approximate surface area is 153 Å². The van der Waals surface area contributed by atoms with Gasteiger partial charge in [0.15, 0.2) is 5.96 Å². The fraction of sp³-hybridized carbons (Fsp3) is 0.316. The number of benzene rings is 1. The van der Waals surface area contributed by atoms with Crippen molar-refractivity contribution in [2.45, 2.75) is 26.6 Å². The van der Waals surface area contributed by atoms with Gasteiger partial charge in [0.05, 0.1) is 31.5 Å². The van der Waals surface area contributed by atoms with Gasteiger partial charge in [-0.05, 0) is 18.6 Å². The number of nitrogens with one attached hydrogen (secondary N) is 2. The van der Waals surface area contributed by atoms with Crippen LogP contribution in [0.2, 0.25) is 0 Å². The molecule has 136 valence electrons. The molecule has 7 nitrogen and oxygen atoms in total. The highest BCUT2D eigenvalue weighted by Crippen LogP contribution is 2.05. The maximum Gasteiger partial charge on any atom is 0.191 e. The molecule has 2 aromatic heterocycles. The normalized spacial score (nSPS) is 11.5. The van der Waals surface area contributed by atoms with Crippen LogP contribution in [0.3, 0.4) is 0 Å². The van der Waals surface area contributed by atoms with Crippen molar-refractivity contribution in [1.29, 1.82) is 0 Å². The summed E-state index contributed by atoms with van der Waals surface area (Å²) in [7, 11) is 1.93. The van der Waals surface area contributed by atoms with Crippen LogP contribution in [0.4, 0.5) is 0 Å². The third kappa shape index (κ3) is 4.95. The number of guanidine groups is 1. The van der Waals surface area contributed by atoms with E-state index in [2.05, 4.69) is 44.9 Å². The Balaban J connectivity index is 1.58. The number of nitrogens with zero attached hydrogens (tertiary/aromatic N) is 5. The van der Waals surface area contributed by atoms with Crippen molar-refractivity contribution < 1.29 is 0 Å². The molecule has 3 aromatic rings. The van der Waals surface area contributed by atoms with Gasteiger partial charge in [0.1, 0.15) is 0 Å². The Bertz CT molecular complexity index is 832. The molecule has 0 bridgehead atoms. The summed E-state index contributed by atoms with van der Waals surface area (Å²) >= 11 is 0. The van der Waals surface area contributed by atoms with Crippen LogP contribution >= 0.6 is 0 Å². The predicted molar refractivity (Wildman–Crippen MR) is 103 cm³/mol. The molecule has 0 aliphatic rings. The first-order valence-electron chi connectivity index (χ1n) is 8.79. The van der Waals surface area contributed by atoms with E-state index in [4.69, 9.17) is 0 Å². The lowest BCUT2D eigenvalue weighted by Gasteiger charge is -2.11. The van der Waals surface area contributed by atoms with E-state index in [1.807, 2.05) is 53.1 Å². The third-order valence-electron chi connectivity index (χ3n) is 4.00. The van der Waals surface area contributed by atoms with Crippen molar-refractivity contribution in [3.05, 3.63) is 71.8 Å². The zero-order valence-electron chi connectivity index (χ0n) is 15.3. The van der Waals surface area contributed by atoms with E-state index in [1.165, 1.54) is 5.56 Å². The maximum atomic E-state index is 4.64. The lowest BCUT2D eigenvalue weighted by atomic mass is 10.2. The summed E-state index contributed by atoms with van der Waals surface area (Å²) in [4.78, 5) is 4.64. The Morgan fingerprint density at radius 3 is 2.65 bits per heavy atom. The lowest BCUT2D eigenvalue weighted by Crippen LogP contribution is -2.37. The summed E-state index contributed by atoms with van der Waals surface area (Å²) in [6, 6.07) is 12.3. The summed E-state index contributed by atoms with van der Waals surface area (Å²) in [5, 5.41) is 15.2. The van der Waals surface area contributed by atoms with Crippen molar-refractivity contribution in [3.8, 4) is 0 Å². The average Bonchev–Trinajstić information content (AvgIpc) is 3.27. The Kier molecular flexibility index (Phi) is 6.03. The van der Waals surface area contributed by atoms with Crippen LogP contribution in [-0.2, 0) is 26.7 Å². The molecule has 0 atom stereocenters. The number of aliphatic imine (C=N–C) groups is 1. The number of hydrogen-bond acceptors (Lipinski definition) is 3. The number of hydrogen-bond donors (Lipinski definition) is 2. The van der Waals surface area contributed by atoms with Gasteiger partial charge in [-0.15, -0.1) is 0 Å². The molecule has 0 amide bonds. The Morgan fingerprint density at radius 2 is 1.92 bits per heavy atom. The Morgan fingerprint density at radius 1 is 1.08 bits per heavy atom. The number of aromatic nitrogens is 4. The molecule has 0 saturated carbocycles. The monoisotopic (exact) mass is 351 g/mol. The van der Waals surface area contributed by atoms with E-state index in [0.29, 0.717) is 13.1 Å². The SMILES string of the molecule is CCNC(=NCc1cnn(Cc2ccccc2)c1)NCc1ccnn1C. The maximum absolute atomic E-state index is 4.64. The minimum absolute atomic E-state index is 0.579. The average molecular weight is 351 g/mol. The fourth-order valence-electron chi connectivity index (χ4n) is 2.61. The summed E-state index contributed by atoms with van der Waals surface area (Å²) in [6.45, 7) is 4.89. The van der Waals surface area contributed by atoms with Crippen LogP contribution in [0.5, 0.6) is 0 Å². The van der Waals surface area contributed by atoms with Crippen LogP contribution < -0.4 is 10.6 Å². The summed E-state index contributed by atoms with van der Waals surface area (Å²) < 4.78 is 3.79. The standard InChI is InChI=1S/C19H25N7/c1-3-20-19(22-13-18-9-10-23-25(18)2)21-11-17-12-24-26(15-17)14-16-7-5-4-6-8-16/h4-10,12,15H,3,11,13-14H2,1-2H3,(H2,20,21,22). The van der Waals surface area contributed by atoms with Gasteiger partial charge in [0.25, 0.3) is 0 Å². The van der Waals surface area contributed by atoms with Crippen LogP contribution in [0.25, 0.3) is 0 Å². The summed E-state index contributed by atoms with van der Waals surface area (Å²) in [5.74, 6) is 0.782. The number of aryl methyl sites for hydroxylation is 1. The topological polar surface area (TPSA) is 72.1 Å². The van der Waals surface area contributed by atoms with Gasteiger partial charge in [0, 0.05) is 31.5 Å². The molecular formula is C19H25N7.